The number of hydrogen-bond donors (Lipinski definition) is 1. The van der Waals surface area contributed by atoms with Gasteiger partial charge in [0.2, 0.25) is 0 Å². The number of thiophene rings is 1. The van der Waals surface area contributed by atoms with Crippen LogP contribution in [0.25, 0.3) is 0 Å². The molecule has 3 heteroatoms. The molecule has 0 saturated carbocycles. The molecule has 2 rings (SSSR count). The van der Waals surface area contributed by atoms with E-state index in [2.05, 4.69) is 65.6 Å². The maximum atomic E-state index is 3.54. The molecule has 1 aromatic carbocycles. The van der Waals surface area contributed by atoms with Crippen molar-refractivity contribution in [3.05, 3.63) is 49.6 Å². The van der Waals surface area contributed by atoms with Crippen LogP contribution in [-0.2, 0) is 6.54 Å². The predicted octanol–water partition coefficient (Wildman–Crippen LogP) is 5.05. The second-order valence-electron chi connectivity index (χ2n) is 4.29. The van der Waals surface area contributed by atoms with Crippen LogP contribution in [0.1, 0.15) is 21.6 Å². The Balaban J connectivity index is 2.17. The molecule has 0 amide bonds. The van der Waals surface area contributed by atoms with Crippen molar-refractivity contribution in [1.82, 2.24) is 0 Å². The first-order chi connectivity index (χ1) is 8.08. The smallest absolute Gasteiger partial charge is 0.0497 e. The third-order valence-corrected chi connectivity index (χ3v) is 4.37. The zero-order valence-corrected chi connectivity index (χ0v) is 12.7. The fraction of sp³-hybridized carbons (Fsp3) is 0.286. The molecular weight excluding hydrogens is 294 g/mol. The lowest BCUT2D eigenvalue weighted by Crippen LogP contribution is -2.02. The van der Waals surface area contributed by atoms with Crippen molar-refractivity contribution in [2.45, 2.75) is 27.3 Å². The summed E-state index contributed by atoms with van der Waals surface area (Å²) in [7, 11) is 0. The Morgan fingerprint density at radius 2 is 1.76 bits per heavy atom. The SMILES string of the molecule is Cc1ccsc1CNc1c(C)cc(Br)cc1C. The minimum Gasteiger partial charge on any atom is -0.380 e. The van der Waals surface area contributed by atoms with Crippen molar-refractivity contribution in [3.63, 3.8) is 0 Å². The monoisotopic (exact) mass is 309 g/mol. The van der Waals surface area contributed by atoms with Gasteiger partial charge < -0.3 is 5.32 Å². The van der Waals surface area contributed by atoms with E-state index in [9.17, 15) is 0 Å². The molecule has 17 heavy (non-hydrogen) atoms. The number of benzene rings is 1. The fourth-order valence-electron chi connectivity index (χ4n) is 1.94. The summed E-state index contributed by atoms with van der Waals surface area (Å²) in [4.78, 5) is 1.41. The quantitative estimate of drug-likeness (QED) is 0.836. The molecule has 0 atom stereocenters. The molecule has 0 aliphatic heterocycles. The molecule has 0 aliphatic rings. The zero-order valence-electron chi connectivity index (χ0n) is 10.3. The molecule has 1 nitrogen and oxygen atoms in total. The van der Waals surface area contributed by atoms with Gasteiger partial charge in [-0.15, -0.1) is 11.3 Å². The lowest BCUT2D eigenvalue weighted by Gasteiger charge is -2.13. The first-order valence-electron chi connectivity index (χ1n) is 5.61. The fourth-order valence-corrected chi connectivity index (χ4v) is 3.48. The molecule has 0 radical (unpaired) electrons. The maximum Gasteiger partial charge on any atom is 0.0497 e. The summed E-state index contributed by atoms with van der Waals surface area (Å²) < 4.78 is 1.14. The van der Waals surface area contributed by atoms with Crippen LogP contribution in [0.5, 0.6) is 0 Å². The van der Waals surface area contributed by atoms with Crippen LogP contribution in [0, 0.1) is 20.8 Å². The Kier molecular flexibility index (Phi) is 3.89. The molecule has 0 spiro atoms. The van der Waals surface area contributed by atoms with E-state index in [0.717, 1.165) is 11.0 Å². The number of aryl methyl sites for hydroxylation is 3. The Hall–Kier alpha value is -0.800. The molecule has 2 aromatic rings. The minimum atomic E-state index is 0.910. The number of halogens is 1. The highest BCUT2D eigenvalue weighted by molar-refractivity contribution is 9.10. The van der Waals surface area contributed by atoms with Crippen LogP contribution in [0.15, 0.2) is 28.1 Å². The third-order valence-electron chi connectivity index (χ3n) is 2.89. The molecule has 0 bridgehead atoms. The number of nitrogens with one attached hydrogen (secondary N) is 1. The van der Waals surface area contributed by atoms with Crippen LogP contribution < -0.4 is 5.32 Å². The van der Waals surface area contributed by atoms with Crippen LogP contribution in [0.3, 0.4) is 0 Å². The van der Waals surface area contributed by atoms with E-state index in [1.165, 1.54) is 27.3 Å². The minimum absolute atomic E-state index is 0.910. The van der Waals surface area contributed by atoms with E-state index in [0.29, 0.717) is 0 Å². The van der Waals surface area contributed by atoms with Gasteiger partial charge in [-0.25, -0.2) is 0 Å². The van der Waals surface area contributed by atoms with Crippen LogP contribution in [-0.4, -0.2) is 0 Å². The second kappa shape index (κ2) is 5.23. The second-order valence-corrected chi connectivity index (χ2v) is 6.21. The molecular formula is C14H16BrNS. The first-order valence-corrected chi connectivity index (χ1v) is 7.29. The number of hydrogen-bond acceptors (Lipinski definition) is 2. The molecule has 0 saturated heterocycles. The molecule has 0 fully saturated rings. The third kappa shape index (κ3) is 2.90. The normalized spacial score (nSPS) is 10.6. The van der Waals surface area contributed by atoms with Gasteiger partial charge in [-0.05, 0) is 61.0 Å². The highest BCUT2D eigenvalue weighted by Crippen LogP contribution is 2.26. The molecule has 1 aromatic heterocycles. The first kappa shape index (κ1) is 12.7. The van der Waals surface area contributed by atoms with Gasteiger partial charge in [-0.3, -0.25) is 0 Å². The predicted molar refractivity (Wildman–Crippen MR) is 80.0 cm³/mol. The van der Waals surface area contributed by atoms with Crippen molar-refractivity contribution in [3.8, 4) is 0 Å². The van der Waals surface area contributed by atoms with E-state index in [-0.39, 0.29) is 0 Å². The number of rotatable bonds is 3. The van der Waals surface area contributed by atoms with E-state index in [1.807, 2.05) is 11.3 Å². The van der Waals surface area contributed by atoms with Crippen LogP contribution in [0.2, 0.25) is 0 Å². The summed E-state index contributed by atoms with van der Waals surface area (Å²) >= 11 is 5.33. The maximum absolute atomic E-state index is 3.54. The molecule has 90 valence electrons. The van der Waals surface area contributed by atoms with Crippen LogP contribution >= 0.6 is 27.3 Å². The standard InChI is InChI=1S/C14H16BrNS/c1-9-4-5-17-13(9)8-16-14-10(2)6-12(15)7-11(14)3/h4-7,16H,8H2,1-3H3. The highest BCUT2D eigenvalue weighted by atomic mass is 79.9. The molecule has 0 aliphatic carbocycles. The van der Waals surface area contributed by atoms with Crippen molar-refractivity contribution >= 4 is 33.0 Å². The van der Waals surface area contributed by atoms with Crippen molar-refractivity contribution in [2.75, 3.05) is 5.32 Å². The molecule has 1 heterocycles. The molecule has 1 N–H and O–H groups in total. The van der Waals surface area contributed by atoms with Gasteiger partial charge >= 0.3 is 0 Å². The van der Waals surface area contributed by atoms with Crippen molar-refractivity contribution in [1.29, 1.82) is 0 Å². The van der Waals surface area contributed by atoms with E-state index < -0.39 is 0 Å². The number of anilines is 1. The molecule has 0 unspecified atom stereocenters. The zero-order chi connectivity index (χ0) is 12.4. The summed E-state index contributed by atoms with van der Waals surface area (Å²) in [6, 6.07) is 6.47. The largest absolute Gasteiger partial charge is 0.380 e. The summed E-state index contributed by atoms with van der Waals surface area (Å²) in [6.07, 6.45) is 0. The summed E-state index contributed by atoms with van der Waals surface area (Å²) in [5.74, 6) is 0. The summed E-state index contributed by atoms with van der Waals surface area (Å²) in [6.45, 7) is 7.35. The highest BCUT2D eigenvalue weighted by Gasteiger charge is 2.05. The van der Waals surface area contributed by atoms with Gasteiger partial charge in [0.05, 0.1) is 0 Å². The Bertz CT molecular complexity index is 508. The Morgan fingerprint density at radius 1 is 1.12 bits per heavy atom. The van der Waals surface area contributed by atoms with Gasteiger partial charge in [-0.1, -0.05) is 15.9 Å². The van der Waals surface area contributed by atoms with Crippen molar-refractivity contribution in [2.24, 2.45) is 0 Å². The average Bonchev–Trinajstić information content (AvgIpc) is 2.62. The van der Waals surface area contributed by atoms with E-state index >= 15 is 0 Å². The Morgan fingerprint density at radius 3 is 2.29 bits per heavy atom. The van der Waals surface area contributed by atoms with E-state index in [4.69, 9.17) is 0 Å². The van der Waals surface area contributed by atoms with Gasteiger partial charge in [0.15, 0.2) is 0 Å². The lowest BCUT2D eigenvalue weighted by atomic mass is 10.1. The lowest BCUT2D eigenvalue weighted by molar-refractivity contribution is 1.14. The van der Waals surface area contributed by atoms with Gasteiger partial charge in [-0.2, -0.15) is 0 Å². The van der Waals surface area contributed by atoms with Gasteiger partial charge in [0, 0.05) is 21.6 Å². The van der Waals surface area contributed by atoms with E-state index in [1.54, 1.807) is 0 Å². The summed E-state index contributed by atoms with van der Waals surface area (Å²) in [5, 5.41) is 5.69. The average molecular weight is 310 g/mol. The van der Waals surface area contributed by atoms with Crippen LogP contribution in [0.4, 0.5) is 5.69 Å². The van der Waals surface area contributed by atoms with Gasteiger partial charge in [0.25, 0.3) is 0 Å². The van der Waals surface area contributed by atoms with Gasteiger partial charge in [0.1, 0.15) is 0 Å². The Labute approximate surface area is 115 Å². The van der Waals surface area contributed by atoms with Crippen molar-refractivity contribution < 1.29 is 0 Å². The summed E-state index contributed by atoms with van der Waals surface area (Å²) in [5.41, 5.74) is 5.19. The topological polar surface area (TPSA) is 12.0 Å².